The zero-order chi connectivity index (χ0) is 24.5. The van der Waals surface area contributed by atoms with E-state index in [0.29, 0.717) is 22.8 Å². The molecule has 0 saturated heterocycles. The van der Waals surface area contributed by atoms with Gasteiger partial charge in [-0.1, -0.05) is 37.2 Å². The number of rotatable bonds is 7. The van der Waals surface area contributed by atoms with Crippen molar-refractivity contribution in [1.29, 1.82) is 0 Å². The van der Waals surface area contributed by atoms with Crippen LogP contribution in [0.1, 0.15) is 62.1 Å². The molecule has 0 radical (unpaired) electrons. The molecule has 34 heavy (non-hydrogen) atoms. The average Bonchev–Trinajstić information content (AvgIpc) is 3.31. The first kappa shape index (κ1) is 23.6. The van der Waals surface area contributed by atoms with Gasteiger partial charge in [0, 0.05) is 45.3 Å². The van der Waals surface area contributed by atoms with Crippen molar-refractivity contribution in [2.75, 3.05) is 0 Å². The summed E-state index contributed by atoms with van der Waals surface area (Å²) in [7, 11) is 0. The lowest BCUT2D eigenvalue weighted by Gasteiger charge is -2.19. The molecule has 7 heteroatoms. The van der Waals surface area contributed by atoms with E-state index in [1.165, 1.54) is 0 Å². The third kappa shape index (κ3) is 4.70. The summed E-state index contributed by atoms with van der Waals surface area (Å²) in [5, 5.41) is 4.27. The molecule has 0 saturated carbocycles. The standard InChI is InChI=1S/C27H31N5O2.3H2/c1-6-21(7-2)32-16-19(11-12-25(32)33)23-15-29-17(3)26(30-23)24-14-22(31-34-24)18-9-8-10-20(13-18)27(4,5)28;;;/h8-16,21H,6-7,28H2,1-5H3;3*1H. The highest BCUT2D eigenvalue weighted by molar-refractivity contribution is 5.68. The highest BCUT2D eigenvalue weighted by Gasteiger charge is 2.18. The maximum Gasteiger partial charge on any atom is 0.250 e. The van der Waals surface area contributed by atoms with Crippen molar-refractivity contribution in [2.24, 2.45) is 5.73 Å². The smallest absolute Gasteiger partial charge is 0.250 e. The lowest BCUT2D eigenvalue weighted by Crippen LogP contribution is -2.28. The van der Waals surface area contributed by atoms with Crippen molar-refractivity contribution >= 4 is 0 Å². The van der Waals surface area contributed by atoms with Crippen LogP contribution in [0.3, 0.4) is 0 Å². The van der Waals surface area contributed by atoms with Crippen molar-refractivity contribution < 1.29 is 8.80 Å². The molecule has 0 unspecified atom stereocenters. The Hall–Kier alpha value is -3.58. The average molecular weight is 464 g/mol. The van der Waals surface area contributed by atoms with Gasteiger partial charge in [0.1, 0.15) is 11.4 Å². The highest BCUT2D eigenvalue weighted by Crippen LogP contribution is 2.30. The van der Waals surface area contributed by atoms with E-state index in [1.807, 2.05) is 57.3 Å². The highest BCUT2D eigenvalue weighted by atomic mass is 16.5. The molecule has 0 aliphatic rings. The zero-order valence-corrected chi connectivity index (χ0v) is 20.4. The maximum absolute atomic E-state index is 12.4. The van der Waals surface area contributed by atoms with Crippen LogP contribution < -0.4 is 11.3 Å². The van der Waals surface area contributed by atoms with Gasteiger partial charge in [-0.15, -0.1) is 0 Å². The monoisotopic (exact) mass is 463 g/mol. The minimum atomic E-state index is -0.454. The molecule has 2 N–H and O–H groups in total. The quantitative estimate of drug-likeness (QED) is 0.349. The molecule has 3 aromatic heterocycles. The number of aromatic nitrogens is 4. The van der Waals surface area contributed by atoms with Gasteiger partial charge in [-0.2, -0.15) is 0 Å². The van der Waals surface area contributed by atoms with E-state index in [2.05, 4.69) is 24.0 Å². The van der Waals surface area contributed by atoms with E-state index in [9.17, 15) is 4.79 Å². The Bertz CT molecular complexity index is 1370. The van der Waals surface area contributed by atoms with Crippen LogP contribution in [0.4, 0.5) is 0 Å². The molecule has 0 bridgehead atoms. The molecule has 3 heterocycles. The van der Waals surface area contributed by atoms with Gasteiger partial charge in [-0.05, 0) is 51.3 Å². The Morgan fingerprint density at radius 1 is 1.09 bits per heavy atom. The summed E-state index contributed by atoms with van der Waals surface area (Å²) >= 11 is 0. The summed E-state index contributed by atoms with van der Waals surface area (Å²) in [6.45, 7) is 10.00. The van der Waals surface area contributed by atoms with Crippen molar-refractivity contribution in [2.45, 2.75) is 59.0 Å². The Labute approximate surface area is 204 Å². The number of hydrogen-bond donors (Lipinski definition) is 1. The molecular formula is C27H37N5O2. The summed E-state index contributed by atoms with van der Waals surface area (Å²) in [5.41, 5.74) is 11.3. The first-order valence-corrected chi connectivity index (χ1v) is 11.6. The molecule has 0 fully saturated rings. The van der Waals surface area contributed by atoms with Crippen LogP contribution in [0.5, 0.6) is 0 Å². The summed E-state index contributed by atoms with van der Waals surface area (Å²) in [5.74, 6) is 0.535. The third-order valence-corrected chi connectivity index (χ3v) is 6.17. The van der Waals surface area contributed by atoms with Gasteiger partial charge in [-0.25, -0.2) is 4.98 Å². The van der Waals surface area contributed by atoms with Gasteiger partial charge < -0.3 is 14.8 Å². The predicted molar refractivity (Wildman–Crippen MR) is 141 cm³/mol. The van der Waals surface area contributed by atoms with Gasteiger partial charge in [0.05, 0.1) is 17.6 Å². The van der Waals surface area contributed by atoms with Crippen LogP contribution >= 0.6 is 0 Å². The van der Waals surface area contributed by atoms with Crippen LogP contribution in [0, 0.1) is 6.92 Å². The van der Waals surface area contributed by atoms with Crippen LogP contribution in [-0.2, 0) is 5.54 Å². The fraction of sp³-hybridized carbons (Fsp3) is 0.333. The molecular weight excluding hydrogens is 426 g/mol. The van der Waals surface area contributed by atoms with E-state index >= 15 is 0 Å². The second-order valence-corrected chi connectivity index (χ2v) is 9.20. The number of nitrogens with zero attached hydrogens (tertiary/aromatic N) is 4. The number of hydrogen-bond acceptors (Lipinski definition) is 6. The number of benzene rings is 1. The number of pyridine rings is 1. The van der Waals surface area contributed by atoms with Gasteiger partial charge >= 0.3 is 0 Å². The fourth-order valence-electron chi connectivity index (χ4n) is 4.05. The summed E-state index contributed by atoms with van der Waals surface area (Å²) in [6, 6.07) is 13.4. The van der Waals surface area contributed by atoms with Crippen molar-refractivity contribution in [3.05, 3.63) is 76.5 Å². The van der Waals surface area contributed by atoms with E-state index < -0.39 is 5.54 Å². The fourth-order valence-corrected chi connectivity index (χ4v) is 4.05. The first-order chi connectivity index (χ1) is 16.2. The molecule has 7 nitrogen and oxygen atoms in total. The minimum Gasteiger partial charge on any atom is -0.354 e. The lowest BCUT2D eigenvalue weighted by molar-refractivity contribution is 0.433. The van der Waals surface area contributed by atoms with E-state index in [0.717, 1.165) is 35.2 Å². The van der Waals surface area contributed by atoms with Gasteiger partial charge in [0.25, 0.3) is 5.56 Å². The Balaban J connectivity index is 0.00000228. The van der Waals surface area contributed by atoms with Gasteiger partial charge in [0.15, 0.2) is 5.76 Å². The van der Waals surface area contributed by atoms with Crippen LogP contribution in [0.2, 0.25) is 0 Å². The molecule has 4 aromatic rings. The molecule has 1 aromatic carbocycles. The van der Waals surface area contributed by atoms with Crippen LogP contribution in [-0.4, -0.2) is 19.7 Å². The summed E-state index contributed by atoms with van der Waals surface area (Å²) in [4.78, 5) is 21.8. The minimum absolute atomic E-state index is 0. The molecule has 0 spiro atoms. The lowest BCUT2D eigenvalue weighted by atomic mass is 9.93. The molecule has 0 aliphatic heterocycles. The zero-order valence-electron chi connectivity index (χ0n) is 20.4. The van der Waals surface area contributed by atoms with E-state index in [1.54, 1.807) is 22.9 Å². The molecule has 4 rings (SSSR count). The predicted octanol–water partition coefficient (Wildman–Crippen LogP) is 6.23. The number of nitrogens with two attached hydrogens (primary N) is 1. The molecule has 0 amide bonds. The number of aryl methyl sites for hydroxylation is 1. The van der Waals surface area contributed by atoms with Crippen molar-refractivity contribution in [3.63, 3.8) is 0 Å². The molecule has 0 atom stereocenters. The van der Waals surface area contributed by atoms with Gasteiger partial charge in [0.2, 0.25) is 0 Å². The first-order valence-electron chi connectivity index (χ1n) is 11.6. The largest absolute Gasteiger partial charge is 0.354 e. The molecule has 0 aliphatic carbocycles. The van der Waals surface area contributed by atoms with Crippen LogP contribution in [0.25, 0.3) is 34.0 Å². The van der Waals surface area contributed by atoms with Crippen molar-refractivity contribution in [3.8, 4) is 34.0 Å². The second-order valence-electron chi connectivity index (χ2n) is 9.20. The van der Waals surface area contributed by atoms with E-state index in [4.69, 9.17) is 15.2 Å². The SMILES string of the molecule is CCC(CC)n1cc(-c2cnc(C)c(-c3cc(-c4cccc(C(C)(C)N)c4)no3)n2)ccc1=O.[HH].[HH].[HH]. The summed E-state index contributed by atoms with van der Waals surface area (Å²) in [6.07, 6.45) is 5.36. The Kier molecular flexibility index (Phi) is 6.48. The topological polar surface area (TPSA) is 99.8 Å². The van der Waals surface area contributed by atoms with Crippen LogP contribution in [0.15, 0.2) is 64.2 Å². The summed E-state index contributed by atoms with van der Waals surface area (Å²) < 4.78 is 7.47. The Morgan fingerprint density at radius 3 is 2.56 bits per heavy atom. The normalized spacial score (nSPS) is 11.9. The Morgan fingerprint density at radius 2 is 1.85 bits per heavy atom. The molecule has 182 valence electrons. The van der Waals surface area contributed by atoms with Gasteiger partial charge in [-0.3, -0.25) is 9.78 Å². The second kappa shape index (κ2) is 9.35. The third-order valence-electron chi connectivity index (χ3n) is 6.17. The maximum atomic E-state index is 12.4. The van der Waals surface area contributed by atoms with Crippen molar-refractivity contribution in [1.82, 2.24) is 19.7 Å². The van der Waals surface area contributed by atoms with E-state index in [-0.39, 0.29) is 15.9 Å².